The Labute approximate surface area is 451 Å². The van der Waals surface area contributed by atoms with Gasteiger partial charge in [0, 0.05) is 39.4 Å². The van der Waals surface area contributed by atoms with Crippen molar-refractivity contribution in [3.05, 3.63) is 228 Å². The Hall–Kier alpha value is -5.99. The Morgan fingerprint density at radius 1 is 0.382 bits per heavy atom. The van der Waals surface area contributed by atoms with Crippen molar-refractivity contribution in [2.75, 3.05) is 65.8 Å². The number of unbranched alkanes of at least 4 members (excludes halogenated alkanes) is 3. The minimum absolute atomic E-state index is 0.494. The third-order valence-electron chi connectivity index (χ3n) is 14.4. The van der Waals surface area contributed by atoms with Gasteiger partial charge in [-0.1, -0.05) is 201 Å². The molecule has 5 N–H and O–H groups in total. The highest BCUT2D eigenvalue weighted by Gasteiger charge is 2.35. The van der Waals surface area contributed by atoms with Gasteiger partial charge in [-0.15, -0.1) is 0 Å². The molecule has 0 saturated heterocycles. The van der Waals surface area contributed by atoms with Crippen LogP contribution in [-0.4, -0.2) is 110 Å². The summed E-state index contributed by atoms with van der Waals surface area (Å²) >= 11 is 0. The van der Waals surface area contributed by atoms with E-state index in [9.17, 15) is 20.1 Å². The Bertz CT molecular complexity index is 2780. The molecule has 0 amide bonds. The van der Waals surface area contributed by atoms with E-state index < -0.39 is 19.8 Å². The molecule has 0 aliphatic carbocycles. The minimum atomic E-state index is -1.54. The topological polar surface area (TPSA) is 127 Å². The summed E-state index contributed by atoms with van der Waals surface area (Å²) in [5, 5.41) is 49.7. The van der Waals surface area contributed by atoms with E-state index >= 15 is 0 Å². The first-order valence-electron chi connectivity index (χ1n) is 27.3. The van der Waals surface area contributed by atoms with Crippen LogP contribution in [0.1, 0.15) is 71.9 Å². The third kappa shape index (κ3) is 15.8. The van der Waals surface area contributed by atoms with Crippen molar-refractivity contribution in [3.63, 3.8) is 0 Å². The third-order valence-corrected chi connectivity index (χ3v) is 14.4. The van der Waals surface area contributed by atoms with Crippen molar-refractivity contribution >= 4 is 46.7 Å². The Morgan fingerprint density at radius 2 is 0.776 bits per heavy atom. The van der Waals surface area contributed by atoms with Gasteiger partial charge in [-0.05, 0) is 117 Å². The number of nitrogens with one attached hydrogen (secondary N) is 1. The summed E-state index contributed by atoms with van der Waals surface area (Å²) in [6.45, 7) is 8.48. The standard InChI is InChI=1S/C64H75B2N3O7/c70-65(71)62-36-18-14-26-54(62)49-68(39-20-1-2-21-40-69(50-55-27-15-19-37-63(55)66(72)73)51-61-59-34-16-12-24-52(59)48-53-25-13-17-35-60(53)61)41-23-43-75-45-47-76-46-44-74-42-22-38-67-64(56-28-6-3-7-29-56,57-30-8-4-9-31-57)58-32-10-5-11-33-58/h3-19,24-37,48,67,70-73H,1-2,20-23,38-47,49-51H2. The number of fused-ring (bicyclic) bond motifs is 2. The van der Waals surface area contributed by atoms with Gasteiger partial charge in [0.1, 0.15) is 0 Å². The normalized spacial score (nSPS) is 11.8. The summed E-state index contributed by atoms with van der Waals surface area (Å²) in [6, 6.07) is 66.5. The van der Waals surface area contributed by atoms with Crippen LogP contribution in [0.25, 0.3) is 21.5 Å². The lowest BCUT2D eigenvalue weighted by Gasteiger charge is -2.37. The summed E-state index contributed by atoms with van der Waals surface area (Å²) in [5.74, 6) is 0. The zero-order valence-corrected chi connectivity index (χ0v) is 44.0. The van der Waals surface area contributed by atoms with Crippen LogP contribution in [0.5, 0.6) is 0 Å². The zero-order chi connectivity index (χ0) is 52.6. The van der Waals surface area contributed by atoms with E-state index in [4.69, 9.17) is 14.2 Å². The van der Waals surface area contributed by atoms with E-state index in [1.54, 1.807) is 12.1 Å². The fraction of sp³-hybridized carbons (Fsp3) is 0.312. The molecule has 0 heterocycles. The van der Waals surface area contributed by atoms with Crippen LogP contribution < -0.4 is 16.2 Å². The van der Waals surface area contributed by atoms with Crippen LogP contribution in [-0.2, 0) is 39.4 Å². The molecule has 76 heavy (non-hydrogen) atoms. The number of benzene rings is 8. The van der Waals surface area contributed by atoms with Crippen molar-refractivity contribution in [2.24, 2.45) is 0 Å². The molecule has 12 heteroatoms. The predicted molar refractivity (Wildman–Crippen MR) is 311 cm³/mol. The van der Waals surface area contributed by atoms with Gasteiger partial charge in [-0.25, -0.2) is 0 Å². The van der Waals surface area contributed by atoms with E-state index in [1.807, 2.05) is 36.4 Å². The molecule has 394 valence electrons. The zero-order valence-electron chi connectivity index (χ0n) is 44.0. The van der Waals surface area contributed by atoms with Gasteiger partial charge in [-0.2, -0.15) is 0 Å². The highest BCUT2D eigenvalue weighted by atomic mass is 16.5. The van der Waals surface area contributed by atoms with Gasteiger partial charge in [0.15, 0.2) is 0 Å². The van der Waals surface area contributed by atoms with Gasteiger partial charge >= 0.3 is 14.2 Å². The molecule has 8 aromatic carbocycles. The number of nitrogens with zero attached hydrogens (tertiary/aromatic N) is 2. The molecule has 0 aromatic heterocycles. The van der Waals surface area contributed by atoms with E-state index in [0.29, 0.717) is 63.7 Å². The molecule has 0 unspecified atom stereocenters. The summed E-state index contributed by atoms with van der Waals surface area (Å²) in [6.07, 6.45) is 5.76. The second-order valence-electron chi connectivity index (χ2n) is 19.7. The summed E-state index contributed by atoms with van der Waals surface area (Å²) in [4.78, 5) is 4.85. The number of hydrogen-bond donors (Lipinski definition) is 5. The molecule has 0 fully saturated rings. The van der Waals surface area contributed by atoms with Crippen molar-refractivity contribution < 1.29 is 34.3 Å². The number of hydrogen-bond acceptors (Lipinski definition) is 10. The van der Waals surface area contributed by atoms with Crippen LogP contribution >= 0.6 is 0 Å². The van der Waals surface area contributed by atoms with Crippen LogP contribution in [0.15, 0.2) is 194 Å². The maximum absolute atomic E-state index is 10.3. The maximum Gasteiger partial charge on any atom is 0.488 e. The maximum atomic E-state index is 10.3. The second-order valence-corrected chi connectivity index (χ2v) is 19.7. The van der Waals surface area contributed by atoms with E-state index in [0.717, 1.165) is 82.4 Å². The molecule has 8 aromatic rings. The van der Waals surface area contributed by atoms with Gasteiger partial charge < -0.3 is 34.3 Å². The Morgan fingerprint density at radius 3 is 1.28 bits per heavy atom. The van der Waals surface area contributed by atoms with Crippen LogP contribution in [0.2, 0.25) is 0 Å². The number of rotatable bonds is 33. The molecule has 10 nitrogen and oxygen atoms in total. The Balaban J connectivity index is 0.766. The molecular weight excluding hydrogens is 944 g/mol. The lowest BCUT2D eigenvalue weighted by atomic mass is 9.77. The molecule has 0 bridgehead atoms. The lowest BCUT2D eigenvalue weighted by Crippen LogP contribution is -2.45. The molecule has 0 spiro atoms. The van der Waals surface area contributed by atoms with Crippen molar-refractivity contribution in [1.82, 2.24) is 15.1 Å². The largest absolute Gasteiger partial charge is 0.488 e. The molecular formula is C64H75B2N3O7. The minimum Gasteiger partial charge on any atom is -0.423 e. The first-order valence-corrected chi connectivity index (χ1v) is 27.3. The van der Waals surface area contributed by atoms with Gasteiger partial charge in [0.25, 0.3) is 0 Å². The monoisotopic (exact) mass is 1020 g/mol. The van der Waals surface area contributed by atoms with E-state index in [1.165, 1.54) is 43.8 Å². The fourth-order valence-corrected chi connectivity index (χ4v) is 10.6. The molecule has 0 atom stereocenters. The van der Waals surface area contributed by atoms with Crippen molar-refractivity contribution in [1.29, 1.82) is 0 Å². The van der Waals surface area contributed by atoms with E-state index in [2.05, 4.69) is 161 Å². The van der Waals surface area contributed by atoms with Gasteiger partial charge in [0.2, 0.25) is 0 Å². The lowest BCUT2D eigenvalue weighted by molar-refractivity contribution is 0.0125. The predicted octanol–water partition coefficient (Wildman–Crippen LogP) is 8.83. The van der Waals surface area contributed by atoms with Crippen LogP contribution in [0.3, 0.4) is 0 Å². The van der Waals surface area contributed by atoms with Crippen LogP contribution in [0, 0.1) is 0 Å². The van der Waals surface area contributed by atoms with Gasteiger partial charge in [0.05, 0.1) is 32.0 Å². The molecule has 0 saturated carbocycles. The molecule has 0 aliphatic heterocycles. The first kappa shape index (κ1) is 56.2. The second kappa shape index (κ2) is 30.1. The van der Waals surface area contributed by atoms with E-state index in [-0.39, 0.29) is 0 Å². The highest BCUT2D eigenvalue weighted by Crippen LogP contribution is 2.37. The summed E-state index contributed by atoms with van der Waals surface area (Å²) in [5.41, 5.74) is 7.27. The summed E-state index contributed by atoms with van der Waals surface area (Å²) < 4.78 is 17.9. The number of ether oxygens (including phenoxy) is 3. The summed E-state index contributed by atoms with van der Waals surface area (Å²) in [7, 11) is -3.07. The highest BCUT2D eigenvalue weighted by molar-refractivity contribution is 6.59. The molecule has 8 rings (SSSR count). The first-order chi connectivity index (χ1) is 37.4. The van der Waals surface area contributed by atoms with Crippen molar-refractivity contribution in [3.8, 4) is 0 Å². The SMILES string of the molecule is OB(O)c1ccccc1CN(CCCCCCN(Cc1ccccc1B(O)O)Cc1c2ccccc2cc2ccccc12)CCCOCCOCCOCCCNC(c1ccccc1)(c1ccccc1)c1ccccc1. The quantitative estimate of drug-likeness (QED) is 0.0118. The van der Waals surface area contributed by atoms with Gasteiger partial charge in [-0.3, -0.25) is 15.1 Å². The smallest absolute Gasteiger partial charge is 0.423 e. The van der Waals surface area contributed by atoms with Crippen molar-refractivity contribution in [2.45, 2.75) is 63.7 Å². The molecule has 0 aliphatic rings. The average molecular weight is 1020 g/mol. The molecule has 0 radical (unpaired) electrons. The fourth-order valence-electron chi connectivity index (χ4n) is 10.6. The Kier molecular flexibility index (Phi) is 22.3. The van der Waals surface area contributed by atoms with Crippen LogP contribution in [0.4, 0.5) is 0 Å². The average Bonchev–Trinajstić information content (AvgIpc) is 3.45.